The van der Waals surface area contributed by atoms with Crippen molar-refractivity contribution in [2.24, 2.45) is 0 Å². The number of nitrogens with zero attached hydrogens (tertiary/aromatic N) is 2. The SMILES string of the molecule is C=CCNC(=O)c1ccc(-c2ccccn2)nc1. The third-order valence-electron chi connectivity index (χ3n) is 2.36. The minimum absolute atomic E-state index is 0.157. The van der Waals surface area contributed by atoms with Gasteiger partial charge in [-0.05, 0) is 24.3 Å². The Morgan fingerprint density at radius 3 is 2.67 bits per heavy atom. The van der Waals surface area contributed by atoms with Gasteiger partial charge < -0.3 is 5.32 Å². The van der Waals surface area contributed by atoms with Crippen molar-refractivity contribution in [1.29, 1.82) is 0 Å². The first kappa shape index (κ1) is 12.0. The van der Waals surface area contributed by atoms with E-state index in [4.69, 9.17) is 0 Å². The Balaban J connectivity index is 2.15. The summed E-state index contributed by atoms with van der Waals surface area (Å²) in [5.74, 6) is -0.157. The van der Waals surface area contributed by atoms with Gasteiger partial charge in [-0.3, -0.25) is 14.8 Å². The van der Waals surface area contributed by atoms with Gasteiger partial charge in [0.2, 0.25) is 0 Å². The minimum Gasteiger partial charge on any atom is -0.349 e. The molecule has 4 nitrogen and oxygen atoms in total. The molecule has 4 heteroatoms. The number of pyridine rings is 2. The fourth-order valence-corrected chi connectivity index (χ4v) is 1.46. The molecule has 0 unspecified atom stereocenters. The molecule has 0 spiro atoms. The van der Waals surface area contributed by atoms with Gasteiger partial charge >= 0.3 is 0 Å². The molecule has 0 saturated carbocycles. The summed E-state index contributed by atoms with van der Waals surface area (Å²) in [6.45, 7) is 3.99. The number of amides is 1. The normalized spacial score (nSPS) is 9.78. The lowest BCUT2D eigenvalue weighted by molar-refractivity contribution is 0.0957. The van der Waals surface area contributed by atoms with E-state index in [1.807, 2.05) is 18.2 Å². The highest BCUT2D eigenvalue weighted by Crippen LogP contribution is 2.13. The van der Waals surface area contributed by atoms with Crippen LogP contribution >= 0.6 is 0 Å². The average molecular weight is 239 g/mol. The predicted octanol–water partition coefficient (Wildman–Crippen LogP) is 2.06. The Morgan fingerprint density at radius 1 is 1.22 bits per heavy atom. The van der Waals surface area contributed by atoms with Crippen molar-refractivity contribution < 1.29 is 4.79 Å². The Labute approximate surface area is 105 Å². The molecular weight excluding hydrogens is 226 g/mol. The molecule has 2 heterocycles. The van der Waals surface area contributed by atoms with E-state index in [0.29, 0.717) is 12.1 Å². The number of hydrogen-bond donors (Lipinski definition) is 1. The first-order chi connectivity index (χ1) is 8.81. The summed E-state index contributed by atoms with van der Waals surface area (Å²) in [5, 5.41) is 2.70. The fourth-order valence-electron chi connectivity index (χ4n) is 1.46. The highest BCUT2D eigenvalue weighted by molar-refractivity contribution is 5.94. The van der Waals surface area contributed by atoms with E-state index >= 15 is 0 Å². The monoisotopic (exact) mass is 239 g/mol. The minimum atomic E-state index is -0.157. The Morgan fingerprint density at radius 2 is 2.06 bits per heavy atom. The molecule has 0 saturated heterocycles. The smallest absolute Gasteiger partial charge is 0.253 e. The Kier molecular flexibility index (Phi) is 3.81. The van der Waals surface area contributed by atoms with Gasteiger partial charge in [0.05, 0.1) is 17.0 Å². The third kappa shape index (κ3) is 2.79. The van der Waals surface area contributed by atoms with Crippen molar-refractivity contribution in [2.75, 3.05) is 6.54 Å². The van der Waals surface area contributed by atoms with E-state index in [-0.39, 0.29) is 5.91 Å². The molecule has 0 aliphatic heterocycles. The number of carbonyl (C=O) groups is 1. The maximum Gasteiger partial charge on any atom is 0.253 e. The van der Waals surface area contributed by atoms with Crippen molar-refractivity contribution in [3.05, 3.63) is 60.9 Å². The molecule has 0 bridgehead atoms. The number of hydrogen-bond acceptors (Lipinski definition) is 3. The van der Waals surface area contributed by atoms with Crippen molar-refractivity contribution in [2.45, 2.75) is 0 Å². The lowest BCUT2D eigenvalue weighted by atomic mass is 10.2. The Hall–Kier alpha value is -2.49. The molecule has 0 fully saturated rings. The van der Waals surface area contributed by atoms with Gasteiger partial charge in [0.25, 0.3) is 5.91 Å². The van der Waals surface area contributed by atoms with E-state index < -0.39 is 0 Å². The van der Waals surface area contributed by atoms with Gasteiger partial charge in [-0.2, -0.15) is 0 Å². The van der Waals surface area contributed by atoms with Gasteiger partial charge in [0, 0.05) is 18.9 Å². The summed E-state index contributed by atoms with van der Waals surface area (Å²) in [6, 6.07) is 9.13. The van der Waals surface area contributed by atoms with E-state index in [9.17, 15) is 4.79 Å². The van der Waals surface area contributed by atoms with Crippen molar-refractivity contribution in [1.82, 2.24) is 15.3 Å². The second-order valence-corrected chi connectivity index (χ2v) is 3.65. The molecule has 1 N–H and O–H groups in total. The van der Waals surface area contributed by atoms with Crippen LogP contribution in [0.3, 0.4) is 0 Å². The van der Waals surface area contributed by atoms with Crippen LogP contribution in [0, 0.1) is 0 Å². The molecule has 1 amide bonds. The fraction of sp³-hybridized carbons (Fsp3) is 0.0714. The number of rotatable bonds is 4. The van der Waals surface area contributed by atoms with Crippen LogP contribution in [0.5, 0.6) is 0 Å². The van der Waals surface area contributed by atoms with Crippen LogP contribution in [0.4, 0.5) is 0 Å². The summed E-state index contributed by atoms with van der Waals surface area (Å²) in [4.78, 5) is 20.1. The van der Waals surface area contributed by atoms with E-state index in [0.717, 1.165) is 11.4 Å². The predicted molar refractivity (Wildman–Crippen MR) is 70.0 cm³/mol. The largest absolute Gasteiger partial charge is 0.349 e. The number of carbonyl (C=O) groups excluding carboxylic acids is 1. The number of aromatic nitrogens is 2. The van der Waals surface area contributed by atoms with E-state index in [1.165, 1.54) is 0 Å². The highest BCUT2D eigenvalue weighted by atomic mass is 16.1. The first-order valence-corrected chi connectivity index (χ1v) is 5.58. The summed E-state index contributed by atoms with van der Waals surface area (Å²) >= 11 is 0. The lowest BCUT2D eigenvalue weighted by Gasteiger charge is -2.03. The maximum absolute atomic E-state index is 11.6. The molecule has 2 rings (SSSR count). The third-order valence-corrected chi connectivity index (χ3v) is 2.36. The van der Waals surface area contributed by atoms with Crippen LogP contribution < -0.4 is 5.32 Å². The van der Waals surface area contributed by atoms with Crippen LogP contribution in [0.2, 0.25) is 0 Å². The molecule has 90 valence electrons. The van der Waals surface area contributed by atoms with Crippen LogP contribution in [0.1, 0.15) is 10.4 Å². The van der Waals surface area contributed by atoms with Crippen molar-refractivity contribution in [3.63, 3.8) is 0 Å². The van der Waals surface area contributed by atoms with Gasteiger partial charge in [-0.25, -0.2) is 0 Å². The molecule has 0 radical (unpaired) electrons. The zero-order chi connectivity index (χ0) is 12.8. The molecule has 0 atom stereocenters. The topological polar surface area (TPSA) is 54.9 Å². The summed E-state index contributed by atoms with van der Waals surface area (Å²) < 4.78 is 0. The molecule has 18 heavy (non-hydrogen) atoms. The Bertz CT molecular complexity index is 535. The van der Waals surface area contributed by atoms with Crippen LogP contribution in [0.25, 0.3) is 11.4 Å². The summed E-state index contributed by atoms with van der Waals surface area (Å²) in [5.41, 5.74) is 2.06. The lowest BCUT2D eigenvalue weighted by Crippen LogP contribution is -2.23. The molecule has 2 aromatic heterocycles. The molecule has 0 aliphatic carbocycles. The van der Waals surface area contributed by atoms with Gasteiger partial charge in [0.15, 0.2) is 0 Å². The van der Waals surface area contributed by atoms with E-state index in [2.05, 4.69) is 21.9 Å². The standard InChI is InChI=1S/C14H13N3O/c1-2-8-16-14(18)11-6-7-13(17-10-11)12-5-3-4-9-15-12/h2-7,9-10H,1,8H2,(H,16,18). The molecule has 0 aromatic carbocycles. The van der Waals surface area contributed by atoms with Crippen LogP contribution in [-0.4, -0.2) is 22.4 Å². The van der Waals surface area contributed by atoms with Crippen molar-refractivity contribution in [3.8, 4) is 11.4 Å². The molecule has 0 aliphatic rings. The second kappa shape index (κ2) is 5.72. The summed E-state index contributed by atoms with van der Waals surface area (Å²) in [7, 11) is 0. The maximum atomic E-state index is 11.6. The quantitative estimate of drug-likeness (QED) is 0.831. The number of nitrogens with one attached hydrogen (secondary N) is 1. The molecular formula is C14H13N3O. The first-order valence-electron chi connectivity index (χ1n) is 5.58. The summed E-state index contributed by atoms with van der Waals surface area (Å²) in [6.07, 6.45) is 4.89. The average Bonchev–Trinajstić information content (AvgIpc) is 2.46. The zero-order valence-electron chi connectivity index (χ0n) is 9.84. The van der Waals surface area contributed by atoms with Crippen LogP contribution in [0.15, 0.2) is 55.4 Å². The highest BCUT2D eigenvalue weighted by Gasteiger charge is 2.05. The van der Waals surface area contributed by atoms with Gasteiger partial charge in [-0.15, -0.1) is 6.58 Å². The van der Waals surface area contributed by atoms with Crippen LogP contribution in [-0.2, 0) is 0 Å². The van der Waals surface area contributed by atoms with Crippen molar-refractivity contribution >= 4 is 5.91 Å². The van der Waals surface area contributed by atoms with E-state index in [1.54, 1.807) is 30.6 Å². The second-order valence-electron chi connectivity index (χ2n) is 3.65. The zero-order valence-corrected chi connectivity index (χ0v) is 9.84. The molecule has 2 aromatic rings. The van der Waals surface area contributed by atoms with Gasteiger partial charge in [0.1, 0.15) is 0 Å². The van der Waals surface area contributed by atoms with Gasteiger partial charge in [-0.1, -0.05) is 12.1 Å².